The van der Waals surface area contributed by atoms with Gasteiger partial charge in [0.15, 0.2) is 0 Å². The van der Waals surface area contributed by atoms with E-state index in [4.69, 9.17) is 4.74 Å². The fraction of sp³-hybridized carbons (Fsp3) is 0.154. The van der Waals surface area contributed by atoms with Gasteiger partial charge in [-0.25, -0.2) is 4.98 Å². The average molecular weight is 298 g/mol. The Morgan fingerprint density at radius 1 is 1.24 bits per heavy atom. The van der Waals surface area contributed by atoms with E-state index < -0.39 is 22.4 Å². The third-order valence-corrected chi connectivity index (χ3v) is 2.75. The second-order valence-corrected chi connectivity index (χ2v) is 4.09. The molecule has 0 fully saturated rings. The van der Waals surface area contributed by atoms with Crippen molar-refractivity contribution in [2.24, 2.45) is 0 Å². The molecule has 1 aromatic heterocycles. The molecule has 110 valence electrons. The van der Waals surface area contributed by atoms with Gasteiger partial charge in [-0.1, -0.05) is 12.1 Å². The van der Waals surface area contributed by atoms with Crippen molar-refractivity contribution in [3.63, 3.8) is 0 Å². The van der Waals surface area contributed by atoms with Crippen molar-refractivity contribution in [2.45, 2.75) is 6.18 Å². The lowest BCUT2D eigenvalue weighted by Crippen LogP contribution is -2.04. The van der Waals surface area contributed by atoms with Gasteiger partial charge >= 0.3 is 11.9 Å². The Morgan fingerprint density at radius 3 is 2.52 bits per heavy atom. The zero-order chi connectivity index (χ0) is 15.6. The molecule has 2 aromatic rings. The minimum absolute atomic E-state index is 0.183. The zero-order valence-corrected chi connectivity index (χ0v) is 10.7. The van der Waals surface area contributed by atoms with Gasteiger partial charge in [0.1, 0.15) is 0 Å². The molecule has 0 radical (unpaired) electrons. The van der Waals surface area contributed by atoms with Gasteiger partial charge in [-0.15, -0.1) is 0 Å². The van der Waals surface area contributed by atoms with Crippen LogP contribution in [0.5, 0.6) is 5.88 Å². The largest absolute Gasteiger partial charge is 0.476 e. The summed E-state index contributed by atoms with van der Waals surface area (Å²) in [5, 5.41) is 10.9. The first-order valence-electron chi connectivity index (χ1n) is 5.69. The summed E-state index contributed by atoms with van der Waals surface area (Å²) in [4.78, 5) is 13.9. The van der Waals surface area contributed by atoms with Gasteiger partial charge in [-0.05, 0) is 17.7 Å². The van der Waals surface area contributed by atoms with Crippen LogP contribution in [-0.2, 0) is 6.18 Å². The third kappa shape index (κ3) is 3.10. The predicted molar refractivity (Wildman–Crippen MR) is 67.9 cm³/mol. The molecular weight excluding hydrogens is 289 g/mol. The molecule has 1 heterocycles. The molecule has 0 amide bonds. The fourth-order valence-electron chi connectivity index (χ4n) is 1.76. The Hall–Kier alpha value is -2.64. The highest BCUT2D eigenvalue weighted by atomic mass is 19.4. The molecule has 5 nitrogen and oxygen atoms in total. The topological polar surface area (TPSA) is 65.3 Å². The van der Waals surface area contributed by atoms with E-state index in [0.717, 1.165) is 18.2 Å². The third-order valence-electron chi connectivity index (χ3n) is 2.75. The van der Waals surface area contributed by atoms with Crippen LogP contribution in [0.25, 0.3) is 11.1 Å². The number of nitrogens with zero attached hydrogens (tertiary/aromatic N) is 2. The summed E-state index contributed by atoms with van der Waals surface area (Å²) in [6.07, 6.45) is -3.26. The molecule has 0 spiro atoms. The number of aromatic nitrogens is 1. The molecule has 0 N–H and O–H groups in total. The first-order chi connectivity index (χ1) is 9.82. The highest BCUT2D eigenvalue weighted by Gasteiger charge is 2.30. The minimum Gasteiger partial charge on any atom is -0.476 e. The van der Waals surface area contributed by atoms with Crippen molar-refractivity contribution in [3.05, 3.63) is 52.2 Å². The van der Waals surface area contributed by atoms with E-state index in [1.165, 1.54) is 25.4 Å². The van der Waals surface area contributed by atoms with Crippen molar-refractivity contribution in [1.82, 2.24) is 4.98 Å². The molecule has 0 saturated heterocycles. The smallest absolute Gasteiger partial charge is 0.416 e. The number of hydrogen-bond donors (Lipinski definition) is 0. The lowest BCUT2D eigenvalue weighted by atomic mass is 10.0. The summed E-state index contributed by atoms with van der Waals surface area (Å²) in [5.74, 6) is -0.198. The number of alkyl halides is 3. The van der Waals surface area contributed by atoms with Crippen LogP contribution >= 0.6 is 0 Å². The summed E-state index contributed by atoms with van der Waals surface area (Å²) >= 11 is 0. The quantitative estimate of drug-likeness (QED) is 0.640. The van der Waals surface area contributed by atoms with Crippen molar-refractivity contribution in [3.8, 4) is 17.0 Å². The molecule has 0 aliphatic heterocycles. The maximum absolute atomic E-state index is 12.7. The van der Waals surface area contributed by atoms with Crippen LogP contribution in [0.2, 0.25) is 0 Å². The lowest BCUT2D eigenvalue weighted by molar-refractivity contribution is -0.386. The Morgan fingerprint density at radius 2 is 1.95 bits per heavy atom. The first kappa shape index (κ1) is 14.8. The average Bonchev–Trinajstić information content (AvgIpc) is 2.45. The van der Waals surface area contributed by atoms with E-state index in [1.54, 1.807) is 0 Å². The van der Waals surface area contributed by atoms with Gasteiger partial charge in [0.25, 0.3) is 5.88 Å². The van der Waals surface area contributed by atoms with Crippen molar-refractivity contribution in [1.29, 1.82) is 0 Å². The van der Waals surface area contributed by atoms with E-state index in [-0.39, 0.29) is 17.0 Å². The van der Waals surface area contributed by atoms with Crippen LogP contribution in [0.4, 0.5) is 18.9 Å². The number of pyridine rings is 1. The van der Waals surface area contributed by atoms with Crippen LogP contribution < -0.4 is 4.74 Å². The monoisotopic (exact) mass is 298 g/mol. The molecule has 0 unspecified atom stereocenters. The summed E-state index contributed by atoms with van der Waals surface area (Å²) in [5.41, 5.74) is -0.859. The molecule has 8 heteroatoms. The second-order valence-electron chi connectivity index (χ2n) is 4.09. The van der Waals surface area contributed by atoms with Gasteiger partial charge in [0, 0.05) is 17.8 Å². The minimum atomic E-state index is -4.48. The van der Waals surface area contributed by atoms with Gasteiger partial charge in [0.05, 0.1) is 17.6 Å². The SMILES string of the molecule is COc1ncc(-c2cccc(C(F)(F)F)c2)cc1[N+](=O)[O-]. The van der Waals surface area contributed by atoms with Crippen molar-refractivity contribution in [2.75, 3.05) is 7.11 Å². The first-order valence-corrected chi connectivity index (χ1v) is 5.69. The summed E-state index contributed by atoms with van der Waals surface area (Å²) in [6.45, 7) is 0. The van der Waals surface area contributed by atoms with Crippen LogP contribution in [-0.4, -0.2) is 17.0 Å². The van der Waals surface area contributed by atoms with Crippen molar-refractivity contribution < 1.29 is 22.8 Å². The number of hydrogen-bond acceptors (Lipinski definition) is 4. The summed E-state index contributed by atoms with van der Waals surface area (Å²) in [7, 11) is 1.22. The number of methoxy groups -OCH3 is 1. The Balaban J connectivity index is 2.52. The molecule has 1 aromatic carbocycles. The molecule has 2 rings (SSSR count). The van der Waals surface area contributed by atoms with Crippen LogP contribution in [0, 0.1) is 10.1 Å². The Bertz CT molecular complexity index is 687. The van der Waals surface area contributed by atoms with Gasteiger partial charge in [0.2, 0.25) is 0 Å². The van der Waals surface area contributed by atoms with Crippen LogP contribution in [0.3, 0.4) is 0 Å². The van der Waals surface area contributed by atoms with Crippen LogP contribution in [0.15, 0.2) is 36.5 Å². The number of rotatable bonds is 3. The number of ether oxygens (including phenoxy) is 1. The molecule has 0 aliphatic rings. The fourth-order valence-corrected chi connectivity index (χ4v) is 1.76. The van der Waals surface area contributed by atoms with Gasteiger partial charge < -0.3 is 4.74 Å². The molecule has 21 heavy (non-hydrogen) atoms. The molecule has 0 bridgehead atoms. The number of halogens is 3. The molecule has 0 aliphatic carbocycles. The van der Waals surface area contributed by atoms with E-state index >= 15 is 0 Å². The van der Waals surface area contributed by atoms with E-state index in [1.807, 2.05) is 0 Å². The molecule has 0 atom stereocenters. The normalized spacial score (nSPS) is 11.2. The zero-order valence-electron chi connectivity index (χ0n) is 10.7. The number of nitro groups is 1. The lowest BCUT2D eigenvalue weighted by Gasteiger charge is -2.09. The highest BCUT2D eigenvalue weighted by molar-refractivity contribution is 5.67. The van der Waals surface area contributed by atoms with E-state index in [9.17, 15) is 23.3 Å². The van der Waals surface area contributed by atoms with Gasteiger partial charge in [-0.2, -0.15) is 13.2 Å². The van der Waals surface area contributed by atoms with Crippen LogP contribution in [0.1, 0.15) is 5.56 Å². The maximum Gasteiger partial charge on any atom is 0.416 e. The molecular formula is C13H9F3N2O3. The standard InChI is InChI=1S/C13H9F3N2O3/c1-21-12-11(18(19)20)6-9(7-17-12)8-3-2-4-10(5-8)13(14,15)16/h2-7H,1H3. The summed E-state index contributed by atoms with van der Waals surface area (Å²) in [6, 6.07) is 5.61. The molecule has 0 saturated carbocycles. The highest BCUT2D eigenvalue weighted by Crippen LogP contribution is 2.34. The predicted octanol–water partition coefficient (Wildman–Crippen LogP) is 3.68. The van der Waals surface area contributed by atoms with Gasteiger partial charge in [-0.3, -0.25) is 10.1 Å². The van der Waals surface area contributed by atoms with E-state index in [2.05, 4.69) is 4.98 Å². The van der Waals surface area contributed by atoms with E-state index in [0.29, 0.717) is 0 Å². The van der Waals surface area contributed by atoms with Crippen molar-refractivity contribution >= 4 is 5.69 Å². The summed E-state index contributed by atoms with van der Waals surface area (Å²) < 4.78 is 42.7. The maximum atomic E-state index is 12.7. The Kier molecular flexibility index (Phi) is 3.79. The number of benzene rings is 1. The Labute approximate surface area is 117 Å². The second kappa shape index (κ2) is 5.39.